The molecule has 0 aromatic rings. The molecule has 1 atom stereocenters. The van der Waals surface area contributed by atoms with Gasteiger partial charge in [0.05, 0.1) is 19.3 Å². The summed E-state index contributed by atoms with van der Waals surface area (Å²) in [5.74, 6) is 0.913. The van der Waals surface area contributed by atoms with Crippen LogP contribution < -0.4 is 5.32 Å². The molecule has 0 radical (unpaired) electrons. The molecular formula is C15H30N2O2. The largest absolute Gasteiger partial charge is 0.383 e. The maximum absolute atomic E-state index is 6.02. The fraction of sp³-hybridized carbons (Fsp3) is 1.00. The van der Waals surface area contributed by atoms with Crippen LogP contribution in [0.15, 0.2) is 0 Å². The van der Waals surface area contributed by atoms with Gasteiger partial charge in [0.2, 0.25) is 0 Å². The Morgan fingerprint density at radius 1 is 1.11 bits per heavy atom. The molecule has 4 nitrogen and oxygen atoms in total. The topological polar surface area (TPSA) is 33.7 Å². The highest BCUT2D eigenvalue weighted by atomic mass is 16.5. The molecule has 1 saturated carbocycles. The van der Waals surface area contributed by atoms with E-state index in [9.17, 15) is 0 Å². The third-order valence-electron chi connectivity index (χ3n) is 4.48. The number of piperidine rings is 1. The molecule has 1 N–H and O–H groups in total. The van der Waals surface area contributed by atoms with Gasteiger partial charge in [0.15, 0.2) is 0 Å². The van der Waals surface area contributed by atoms with Crippen LogP contribution in [0, 0.1) is 5.92 Å². The van der Waals surface area contributed by atoms with Crippen molar-refractivity contribution in [1.29, 1.82) is 0 Å². The van der Waals surface area contributed by atoms with Crippen LogP contribution in [0.5, 0.6) is 0 Å². The Morgan fingerprint density at radius 2 is 1.79 bits per heavy atom. The van der Waals surface area contributed by atoms with Crippen LogP contribution in [-0.2, 0) is 9.47 Å². The highest BCUT2D eigenvalue weighted by molar-refractivity contribution is 4.85. The maximum Gasteiger partial charge on any atom is 0.0600 e. The number of methoxy groups -OCH3 is 1. The van der Waals surface area contributed by atoms with Gasteiger partial charge in [-0.2, -0.15) is 0 Å². The molecule has 0 bridgehead atoms. The molecule has 0 aromatic carbocycles. The fourth-order valence-corrected chi connectivity index (χ4v) is 2.90. The van der Waals surface area contributed by atoms with Crippen LogP contribution in [0.3, 0.4) is 0 Å². The van der Waals surface area contributed by atoms with Crippen LogP contribution in [0.2, 0.25) is 0 Å². The Morgan fingerprint density at radius 3 is 2.42 bits per heavy atom. The van der Waals surface area contributed by atoms with Crippen LogP contribution in [0.25, 0.3) is 0 Å². The van der Waals surface area contributed by atoms with Gasteiger partial charge in [0, 0.05) is 26.2 Å². The van der Waals surface area contributed by atoms with Gasteiger partial charge in [-0.1, -0.05) is 0 Å². The zero-order valence-corrected chi connectivity index (χ0v) is 12.6. The predicted octanol–water partition coefficient (Wildman–Crippen LogP) is 1.50. The summed E-state index contributed by atoms with van der Waals surface area (Å²) in [4.78, 5) is 2.54. The van der Waals surface area contributed by atoms with Gasteiger partial charge in [-0.15, -0.1) is 0 Å². The summed E-state index contributed by atoms with van der Waals surface area (Å²) in [6.45, 7) is 8.34. The van der Waals surface area contributed by atoms with Crippen molar-refractivity contribution >= 4 is 0 Å². The van der Waals surface area contributed by atoms with Crippen LogP contribution in [0.4, 0.5) is 0 Å². The van der Waals surface area contributed by atoms with E-state index in [1.807, 2.05) is 0 Å². The van der Waals surface area contributed by atoms with Gasteiger partial charge in [-0.05, 0) is 51.6 Å². The normalized spacial score (nSPS) is 22.9. The lowest BCUT2D eigenvalue weighted by atomic mass is 10.1. The molecule has 2 aliphatic rings. The third kappa shape index (κ3) is 5.38. The minimum atomic E-state index is 0.474. The molecule has 1 heterocycles. The van der Waals surface area contributed by atoms with E-state index >= 15 is 0 Å². The number of nitrogens with zero attached hydrogens (tertiary/aromatic N) is 1. The Kier molecular flexibility index (Phi) is 6.57. The lowest BCUT2D eigenvalue weighted by molar-refractivity contribution is 0.00908. The van der Waals surface area contributed by atoms with Crippen molar-refractivity contribution in [1.82, 2.24) is 10.2 Å². The van der Waals surface area contributed by atoms with Gasteiger partial charge in [0.25, 0.3) is 0 Å². The first-order chi connectivity index (χ1) is 9.31. The SMILES string of the molecule is COCCN(CCOC1CCNCC1)C(C)C1CC1. The lowest BCUT2D eigenvalue weighted by Crippen LogP contribution is -2.40. The van der Waals surface area contributed by atoms with E-state index in [1.54, 1.807) is 7.11 Å². The predicted molar refractivity (Wildman–Crippen MR) is 77.5 cm³/mol. The first kappa shape index (κ1) is 15.2. The van der Waals surface area contributed by atoms with Crippen molar-refractivity contribution in [3.63, 3.8) is 0 Å². The summed E-state index contributed by atoms with van der Waals surface area (Å²) in [6, 6.07) is 0.687. The molecule has 1 unspecified atom stereocenters. The molecule has 0 amide bonds. The van der Waals surface area contributed by atoms with Crippen LogP contribution in [0.1, 0.15) is 32.6 Å². The quantitative estimate of drug-likeness (QED) is 0.688. The van der Waals surface area contributed by atoms with E-state index in [4.69, 9.17) is 9.47 Å². The second-order valence-corrected chi connectivity index (χ2v) is 5.93. The average Bonchev–Trinajstić information content (AvgIpc) is 3.27. The molecule has 4 heteroatoms. The third-order valence-corrected chi connectivity index (χ3v) is 4.48. The van der Waals surface area contributed by atoms with E-state index in [0.717, 1.165) is 58.2 Å². The highest BCUT2D eigenvalue weighted by Crippen LogP contribution is 2.34. The lowest BCUT2D eigenvalue weighted by Gasteiger charge is -2.30. The van der Waals surface area contributed by atoms with Gasteiger partial charge in [-0.25, -0.2) is 0 Å². The molecule has 1 aliphatic carbocycles. The first-order valence-electron chi connectivity index (χ1n) is 7.86. The summed E-state index contributed by atoms with van der Waals surface area (Å²) in [5, 5.41) is 3.38. The molecule has 2 rings (SSSR count). The molecule has 0 spiro atoms. The zero-order valence-electron chi connectivity index (χ0n) is 12.6. The Bertz CT molecular complexity index is 240. The zero-order chi connectivity index (χ0) is 13.5. The van der Waals surface area contributed by atoms with Crippen molar-refractivity contribution in [2.24, 2.45) is 5.92 Å². The molecule has 112 valence electrons. The van der Waals surface area contributed by atoms with E-state index in [2.05, 4.69) is 17.1 Å². The van der Waals surface area contributed by atoms with Gasteiger partial charge < -0.3 is 14.8 Å². The van der Waals surface area contributed by atoms with Crippen molar-refractivity contribution in [3.05, 3.63) is 0 Å². The van der Waals surface area contributed by atoms with Crippen molar-refractivity contribution in [3.8, 4) is 0 Å². The Hall–Kier alpha value is -0.160. The summed E-state index contributed by atoms with van der Waals surface area (Å²) in [7, 11) is 1.78. The number of nitrogens with one attached hydrogen (secondary N) is 1. The second-order valence-electron chi connectivity index (χ2n) is 5.93. The Labute approximate surface area is 117 Å². The van der Waals surface area contributed by atoms with E-state index in [1.165, 1.54) is 12.8 Å². The van der Waals surface area contributed by atoms with Gasteiger partial charge in [-0.3, -0.25) is 4.90 Å². The van der Waals surface area contributed by atoms with Crippen molar-refractivity contribution in [2.75, 3.05) is 46.5 Å². The van der Waals surface area contributed by atoms with E-state index in [0.29, 0.717) is 12.1 Å². The van der Waals surface area contributed by atoms with Gasteiger partial charge in [0.1, 0.15) is 0 Å². The van der Waals surface area contributed by atoms with Crippen molar-refractivity contribution < 1.29 is 9.47 Å². The number of hydrogen-bond acceptors (Lipinski definition) is 4. The maximum atomic E-state index is 6.02. The molecule has 1 saturated heterocycles. The minimum absolute atomic E-state index is 0.474. The fourth-order valence-electron chi connectivity index (χ4n) is 2.90. The minimum Gasteiger partial charge on any atom is -0.383 e. The molecule has 1 aliphatic heterocycles. The van der Waals surface area contributed by atoms with Crippen molar-refractivity contribution in [2.45, 2.75) is 44.8 Å². The highest BCUT2D eigenvalue weighted by Gasteiger charge is 2.31. The smallest absolute Gasteiger partial charge is 0.0600 e. The average molecular weight is 270 g/mol. The number of rotatable bonds is 9. The first-order valence-corrected chi connectivity index (χ1v) is 7.86. The summed E-state index contributed by atoms with van der Waals surface area (Å²) in [5.41, 5.74) is 0. The van der Waals surface area contributed by atoms with E-state index < -0.39 is 0 Å². The summed E-state index contributed by atoms with van der Waals surface area (Å²) in [6.07, 6.45) is 5.60. The van der Waals surface area contributed by atoms with Gasteiger partial charge >= 0.3 is 0 Å². The summed E-state index contributed by atoms with van der Waals surface area (Å²) < 4.78 is 11.2. The number of hydrogen-bond donors (Lipinski definition) is 1. The number of ether oxygens (including phenoxy) is 2. The molecule has 2 fully saturated rings. The molecule has 19 heavy (non-hydrogen) atoms. The summed E-state index contributed by atoms with van der Waals surface area (Å²) >= 11 is 0. The standard InChI is InChI=1S/C15H30N2O2/c1-13(14-3-4-14)17(9-11-18-2)10-12-19-15-5-7-16-8-6-15/h13-16H,3-12H2,1-2H3. The van der Waals surface area contributed by atoms with Crippen LogP contribution in [-0.4, -0.2) is 63.5 Å². The Balaban J connectivity index is 1.65. The van der Waals surface area contributed by atoms with Crippen LogP contribution >= 0.6 is 0 Å². The van der Waals surface area contributed by atoms with E-state index in [-0.39, 0.29) is 0 Å². The molecule has 0 aromatic heterocycles. The monoisotopic (exact) mass is 270 g/mol. The molecular weight excluding hydrogens is 240 g/mol. The second kappa shape index (κ2) is 8.20.